The van der Waals surface area contributed by atoms with E-state index in [2.05, 4.69) is 14.9 Å². The SMILES string of the molecule is COc1ccc(NC(=O)N2CCC(Cn3ccnc3C)CC2)cc1. The van der Waals surface area contributed by atoms with Gasteiger partial charge in [0.2, 0.25) is 0 Å². The average Bonchev–Trinajstić information content (AvgIpc) is 3.01. The number of hydrogen-bond donors (Lipinski definition) is 1. The zero-order valence-corrected chi connectivity index (χ0v) is 14.2. The number of likely N-dealkylation sites (tertiary alicyclic amines) is 1. The molecule has 2 aromatic rings. The summed E-state index contributed by atoms with van der Waals surface area (Å²) in [6, 6.07) is 7.36. The summed E-state index contributed by atoms with van der Waals surface area (Å²) in [6.07, 6.45) is 5.91. The average molecular weight is 328 g/mol. The number of urea groups is 1. The predicted molar refractivity (Wildman–Crippen MR) is 93.3 cm³/mol. The van der Waals surface area contributed by atoms with Gasteiger partial charge in [-0.25, -0.2) is 9.78 Å². The Morgan fingerprint density at radius 2 is 2.00 bits per heavy atom. The summed E-state index contributed by atoms with van der Waals surface area (Å²) in [4.78, 5) is 18.5. The first-order valence-corrected chi connectivity index (χ1v) is 8.33. The van der Waals surface area contributed by atoms with Crippen molar-refractivity contribution in [3.8, 4) is 5.75 Å². The lowest BCUT2D eigenvalue weighted by Gasteiger charge is -2.32. The summed E-state index contributed by atoms with van der Waals surface area (Å²) in [7, 11) is 1.63. The van der Waals surface area contributed by atoms with Crippen molar-refractivity contribution in [1.29, 1.82) is 0 Å². The van der Waals surface area contributed by atoms with Gasteiger partial charge in [0, 0.05) is 37.7 Å². The first-order chi connectivity index (χ1) is 11.7. The number of anilines is 1. The van der Waals surface area contributed by atoms with Gasteiger partial charge >= 0.3 is 6.03 Å². The van der Waals surface area contributed by atoms with E-state index in [1.807, 2.05) is 48.5 Å². The Morgan fingerprint density at radius 1 is 1.29 bits per heavy atom. The largest absolute Gasteiger partial charge is 0.497 e. The van der Waals surface area contributed by atoms with Crippen molar-refractivity contribution >= 4 is 11.7 Å². The van der Waals surface area contributed by atoms with Crippen LogP contribution in [0.4, 0.5) is 10.5 Å². The predicted octanol–water partition coefficient (Wildman–Crippen LogP) is 3.14. The Hall–Kier alpha value is -2.50. The molecule has 0 unspecified atom stereocenters. The number of carbonyl (C=O) groups is 1. The van der Waals surface area contributed by atoms with Crippen molar-refractivity contribution in [2.75, 3.05) is 25.5 Å². The van der Waals surface area contributed by atoms with E-state index in [0.717, 1.165) is 49.7 Å². The zero-order valence-electron chi connectivity index (χ0n) is 14.2. The van der Waals surface area contributed by atoms with E-state index in [0.29, 0.717) is 5.92 Å². The third kappa shape index (κ3) is 3.88. The smallest absolute Gasteiger partial charge is 0.321 e. The van der Waals surface area contributed by atoms with Gasteiger partial charge in [0.1, 0.15) is 11.6 Å². The second-order valence-corrected chi connectivity index (χ2v) is 6.22. The van der Waals surface area contributed by atoms with Crippen molar-refractivity contribution in [3.63, 3.8) is 0 Å². The molecule has 0 aliphatic carbocycles. The van der Waals surface area contributed by atoms with Gasteiger partial charge in [-0.2, -0.15) is 0 Å². The molecule has 0 radical (unpaired) electrons. The molecule has 0 spiro atoms. The second kappa shape index (κ2) is 7.38. The Kier molecular flexibility index (Phi) is 5.03. The number of amides is 2. The number of carbonyl (C=O) groups excluding carboxylic acids is 1. The monoisotopic (exact) mass is 328 g/mol. The van der Waals surface area contributed by atoms with E-state index < -0.39 is 0 Å². The molecule has 2 heterocycles. The van der Waals surface area contributed by atoms with Gasteiger partial charge in [0.25, 0.3) is 0 Å². The summed E-state index contributed by atoms with van der Waals surface area (Å²) in [5.41, 5.74) is 0.789. The Balaban J connectivity index is 1.48. The molecule has 1 saturated heterocycles. The van der Waals surface area contributed by atoms with Gasteiger partial charge in [-0.1, -0.05) is 0 Å². The third-order valence-electron chi connectivity index (χ3n) is 4.62. The maximum atomic E-state index is 12.4. The van der Waals surface area contributed by atoms with Gasteiger partial charge in [-0.05, 0) is 49.9 Å². The van der Waals surface area contributed by atoms with Gasteiger partial charge in [0.15, 0.2) is 0 Å². The lowest BCUT2D eigenvalue weighted by Crippen LogP contribution is -2.41. The first-order valence-electron chi connectivity index (χ1n) is 8.33. The summed E-state index contributed by atoms with van der Waals surface area (Å²) in [5.74, 6) is 2.43. The van der Waals surface area contributed by atoms with Crippen LogP contribution in [0.25, 0.3) is 0 Å². The minimum absolute atomic E-state index is 0.0302. The minimum atomic E-state index is -0.0302. The normalized spacial score (nSPS) is 15.3. The molecule has 1 aliphatic rings. The van der Waals surface area contributed by atoms with Crippen molar-refractivity contribution in [2.24, 2.45) is 5.92 Å². The molecular formula is C18H24N4O2. The highest BCUT2D eigenvalue weighted by molar-refractivity contribution is 5.89. The number of methoxy groups -OCH3 is 1. The lowest BCUT2D eigenvalue weighted by molar-refractivity contribution is 0.176. The van der Waals surface area contributed by atoms with Crippen molar-refractivity contribution in [2.45, 2.75) is 26.3 Å². The third-order valence-corrected chi connectivity index (χ3v) is 4.62. The molecule has 1 N–H and O–H groups in total. The molecule has 1 aromatic carbocycles. The van der Waals surface area contributed by atoms with Crippen LogP contribution in [0.1, 0.15) is 18.7 Å². The van der Waals surface area contributed by atoms with E-state index in [9.17, 15) is 4.79 Å². The number of hydrogen-bond acceptors (Lipinski definition) is 3. The molecule has 0 saturated carbocycles. The number of aryl methyl sites for hydroxylation is 1. The molecule has 1 fully saturated rings. The van der Waals surface area contributed by atoms with Crippen LogP contribution in [0.15, 0.2) is 36.7 Å². The maximum absolute atomic E-state index is 12.4. The van der Waals surface area contributed by atoms with Crippen LogP contribution in [0.2, 0.25) is 0 Å². The summed E-state index contributed by atoms with van der Waals surface area (Å²) in [6.45, 7) is 4.60. The van der Waals surface area contributed by atoms with Gasteiger partial charge in [-0.15, -0.1) is 0 Å². The fraction of sp³-hybridized carbons (Fsp3) is 0.444. The van der Waals surface area contributed by atoms with Crippen LogP contribution < -0.4 is 10.1 Å². The van der Waals surface area contributed by atoms with E-state index in [-0.39, 0.29) is 6.03 Å². The van der Waals surface area contributed by atoms with Crippen molar-refractivity contribution in [1.82, 2.24) is 14.5 Å². The number of ether oxygens (including phenoxy) is 1. The first kappa shape index (κ1) is 16.4. The Labute approximate surface area is 142 Å². The molecule has 2 amide bonds. The highest BCUT2D eigenvalue weighted by Crippen LogP contribution is 2.21. The van der Waals surface area contributed by atoms with Crippen LogP contribution in [0, 0.1) is 12.8 Å². The number of piperidine rings is 1. The fourth-order valence-electron chi connectivity index (χ4n) is 3.07. The van der Waals surface area contributed by atoms with E-state index in [4.69, 9.17) is 4.74 Å². The van der Waals surface area contributed by atoms with Gasteiger partial charge in [0.05, 0.1) is 7.11 Å². The number of imidazole rings is 1. The molecule has 6 nitrogen and oxygen atoms in total. The van der Waals surface area contributed by atoms with E-state index >= 15 is 0 Å². The summed E-state index contributed by atoms with van der Waals surface area (Å²) < 4.78 is 7.32. The number of nitrogens with zero attached hydrogens (tertiary/aromatic N) is 3. The van der Waals surface area contributed by atoms with Crippen LogP contribution in [-0.2, 0) is 6.54 Å². The molecule has 0 bridgehead atoms. The Bertz CT molecular complexity index is 673. The number of benzene rings is 1. The summed E-state index contributed by atoms with van der Waals surface area (Å²) >= 11 is 0. The quantitative estimate of drug-likeness (QED) is 0.938. The van der Waals surface area contributed by atoms with Crippen LogP contribution in [-0.4, -0.2) is 40.7 Å². The molecular weight excluding hydrogens is 304 g/mol. The minimum Gasteiger partial charge on any atom is -0.497 e. The van der Waals surface area contributed by atoms with Crippen LogP contribution >= 0.6 is 0 Å². The highest BCUT2D eigenvalue weighted by atomic mass is 16.5. The zero-order chi connectivity index (χ0) is 16.9. The molecule has 3 rings (SSSR count). The Morgan fingerprint density at radius 3 is 2.58 bits per heavy atom. The number of aromatic nitrogens is 2. The highest BCUT2D eigenvalue weighted by Gasteiger charge is 2.23. The van der Waals surface area contributed by atoms with Crippen LogP contribution in [0.5, 0.6) is 5.75 Å². The molecule has 1 aromatic heterocycles. The molecule has 6 heteroatoms. The topological polar surface area (TPSA) is 59.4 Å². The van der Waals surface area contributed by atoms with Gasteiger partial charge in [-0.3, -0.25) is 0 Å². The van der Waals surface area contributed by atoms with E-state index in [1.165, 1.54) is 0 Å². The molecule has 128 valence electrons. The van der Waals surface area contributed by atoms with Crippen LogP contribution in [0.3, 0.4) is 0 Å². The van der Waals surface area contributed by atoms with E-state index in [1.54, 1.807) is 7.11 Å². The molecule has 24 heavy (non-hydrogen) atoms. The second-order valence-electron chi connectivity index (χ2n) is 6.22. The molecule has 0 atom stereocenters. The lowest BCUT2D eigenvalue weighted by atomic mass is 9.97. The summed E-state index contributed by atoms with van der Waals surface area (Å²) in [5, 5.41) is 2.95. The van der Waals surface area contributed by atoms with Crippen molar-refractivity contribution < 1.29 is 9.53 Å². The van der Waals surface area contributed by atoms with Gasteiger partial charge < -0.3 is 19.5 Å². The number of nitrogens with one attached hydrogen (secondary N) is 1. The van der Waals surface area contributed by atoms with Crippen molar-refractivity contribution in [3.05, 3.63) is 42.5 Å². The fourth-order valence-corrected chi connectivity index (χ4v) is 3.07. The number of rotatable bonds is 4. The maximum Gasteiger partial charge on any atom is 0.321 e. The molecule has 1 aliphatic heterocycles. The standard InChI is InChI=1S/C18H24N4O2/c1-14-19-9-12-22(14)13-15-7-10-21(11-8-15)18(23)20-16-3-5-17(24-2)6-4-16/h3-6,9,12,15H,7-8,10-11,13H2,1-2H3,(H,20,23).